The van der Waals surface area contributed by atoms with Gasteiger partial charge in [-0.1, -0.05) is 65.9 Å². The van der Waals surface area contributed by atoms with E-state index >= 15 is 0 Å². The van der Waals surface area contributed by atoms with Gasteiger partial charge in [0.25, 0.3) is 0 Å². The number of hydrogen-bond acceptors (Lipinski definition) is 3. The monoisotopic (exact) mass is 323 g/mol. The van der Waals surface area contributed by atoms with Crippen molar-refractivity contribution in [3.63, 3.8) is 0 Å². The van der Waals surface area contributed by atoms with Crippen LogP contribution in [0, 0.1) is 13.8 Å². The van der Waals surface area contributed by atoms with Gasteiger partial charge in [0.05, 0.1) is 12.3 Å². The van der Waals surface area contributed by atoms with Crippen molar-refractivity contribution in [2.24, 2.45) is 10.1 Å². The van der Waals surface area contributed by atoms with Gasteiger partial charge in [-0.3, -0.25) is 4.99 Å². The van der Waals surface area contributed by atoms with Gasteiger partial charge in [0, 0.05) is 18.4 Å². The Bertz CT molecular complexity index is 750. The normalized spacial score (nSPS) is 16.6. The van der Waals surface area contributed by atoms with Crippen LogP contribution in [-0.2, 0) is 6.54 Å². The lowest BCUT2D eigenvalue weighted by atomic mass is 10.0. The molecule has 2 aromatic carbocycles. The van der Waals surface area contributed by atoms with Gasteiger partial charge in [-0.15, -0.1) is 0 Å². The smallest absolute Gasteiger partial charge is 0.180 e. The van der Waals surface area contributed by atoms with Crippen LogP contribution in [0.5, 0.6) is 0 Å². The molecular formula is C19H21N3S. The molecule has 0 aromatic heterocycles. The van der Waals surface area contributed by atoms with Gasteiger partial charge in [0.1, 0.15) is 0 Å². The number of rotatable bonds is 3. The zero-order valence-electron chi connectivity index (χ0n) is 13.8. The maximum atomic E-state index is 4.74. The molecule has 0 fully saturated rings. The van der Waals surface area contributed by atoms with E-state index in [0.717, 1.165) is 16.6 Å². The lowest BCUT2D eigenvalue weighted by Gasteiger charge is -2.23. The van der Waals surface area contributed by atoms with Crippen LogP contribution in [0.15, 0.2) is 58.6 Å². The summed E-state index contributed by atoms with van der Waals surface area (Å²) < 4.78 is 0. The highest BCUT2D eigenvalue weighted by molar-refractivity contribution is 8.14. The van der Waals surface area contributed by atoms with Gasteiger partial charge >= 0.3 is 0 Å². The van der Waals surface area contributed by atoms with E-state index in [1.165, 1.54) is 22.3 Å². The molecule has 0 atom stereocenters. The SMILES string of the molecule is Cc1ccc(C2=NN(C)C(=NCc3ccccc3)SC2)c(C)c1. The summed E-state index contributed by atoms with van der Waals surface area (Å²) in [5.74, 6) is 0.863. The van der Waals surface area contributed by atoms with Crippen LogP contribution in [-0.4, -0.2) is 28.7 Å². The standard InChI is InChI=1S/C19H21N3S/c1-14-9-10-17(15(2)11-14)18-13-23-19(22(3)21-18)20-12-16-7-5-4-6-8-16/h4-11H,12-13H2,1-3H3. The highest BCUT2D eigenvalue weighted by Gasteiger charge is 2.18. The Labute approximate surface area is 142 Å². The molecule has 4 heteroatoms. The Balaban J connectivity index is 1.76. The van der Waals surface area contributed by atoms with Gasteiger partial charge in [0.2, 0.25) is 0 Å². The number of aliphatic imine (C=N–C) groups is 1. The van der Waals surface area contributed by atoms with E-state index in [1.807, 2.05) is 30.3 Å². The van der Waals surface area contributed by atoms with Crippen molar-refractivity contribution in [3.05, 3.63) is 70.8 Å². The number of hydrogen-bond donors (Lipinski definition) is 0. The molecule has 23 heavy (non-hydrogen) atoms. The van der Waals surface area contributed by atoms with Gasteiger partial charge in [-0.05, 0) is 25.0 Å². The first-order valence-electron chi connectivity index (χ1n) is 7.73. The van der Waals surface area contributed by atoms with Crippen LogP contribution >= 0.6 is 11.8 Å². The predicted octanol–water partition coefficient (Wildman–Crippen LogP) is 4.24. The second-order valence-electron chi connectivity index (χ2n) is 5.76. The summed E-state index contributed by atoms with van der Waals surface area (Å²) in [6.07, 6.45) is 0. The molecule has 1 heterocycles. The molecule has 0 N–H and O–H groups in total. The Morgan fingerprint density at radius 1 is 1.13 bits per heavy atom. The molecular weight excluding hydrogens is 302 g/mol. The molecule has 0 amide bonds. The Morgan fingerprint density at radius 2 is 1.91 bits per heavy atom. The summed E-state index contributed by atoms with van der Waals surface area (Å²) in [7, 11) is 1.97. The molecule has 0 aliphatic carbocycles. The minimum absolute atomic E-state index is 0.696. The van der Waals surface area contributed by atoms with Crippen molar-refractivity contribution >= 4 is 22.6 Å². The van der Waals surface area contributed by atoms with Crippen LogP contribution in [0.4, 0.5) is 0 Å². The number of amidine groups is 1. The van der Waals surface area contributed by atoms with E-state index in [0.29, 0.717) is 6.54 Å². The molecule has 0 radical (unpaired) electrons. The third-order valence-corrected chi connectivity index (χ3v) is 4.89. The van der Waals surface area contributed by atoms with Crippen molar-refractivity contribution in [3.8, 4) is 0 Å². The molecule has 3 nitrogen and oxygen atoms in total. The first-order chi connectivity index (χ1) is 11.1. The minimum atomic E-state index is 0.696. The van der Waals surface area contributed by atoms with Crippen molar-refractivity contribution < 1.29 is 0 Å². The highest BCUT2D eigenvalue weighted by Crippen LogP contribution is 2.21. The summed E-state index contributed by atoms with van der Waals surface area (Å²) in [6, 6.07) is 16.8. The topological polar surface area (TPSA) is 28.0 Å². The molecule has 0 saturated carbocycles. The van der Waals surface area contributed by atoms with Gasteiger partial charge in [0.15, 0.2) is 5.17 Å². The quantitative estimate of drug-likeness (QED) is 0.845. The summed E-state index contributed by atoms with van der Waals surface area (Å²) in [6.45, 7) is 4.96. The highest BCUT2D eigenvalue weighted by atomic mass is 32.2. The molecule has 1 aliphatic heterocycles. The molecule has 2 aromatic rings. The molecule has 118 valence electrons. The Kier molecular flexibility index (Phi) is 4.82. The maximum absolute atomic E-state index is 4.74. The number of aryl methyl sites for hydroxylation is 2. The second-order valence-corrected chi connectivity index (χ2v) is 6.70. The Morgan fingerprint density at radius 3 is 2.61 bits per heavy atom. The number of benzene rings is 2. The fourth-order valence-corrected chi connectivity index (χ4v) is 3.50. The fourth-order valence-electron chi connectivity index (χ4n) is 2.64. The first-order valence-corrected chi connectivity index (χ1v) is 8.72. The van der Waals surface area contributed by atoms with Crippen molar-refractivity contribution in [1.29, 1.82) is 0 Å². The number of hydrazone groups is 1. The summed E-state index contributed by atoms with van der Waals surface area (Å²) >= 11 is 1.75. The zero-order valence-corrected chi connectivity index (χ0v) is 14.6. The zero-order chi connectivity index (χ0) is 16.2. The minimum Gasteiger partial charge on any atom is -0.256 e. The van der Waals surface area contributed by atoms with Gasteiger partial charge in [-0.2, -0.15) is 5.10 Å². The number of nitrogens with zero attached hydrogens (tertiary/aromatic N) is 3. The third kappa shape index (κ3) is 3.82. The van der Waals surface area contributed by atoms with Gasteiger partial charge in [-0.25, -0.2) is 5.01 Å². The van der Waals surface area contributed by atoms with E-state index in [1.54, 1.807) is 11.8 Å². The molecule has 0 spiro atoms. The van der Waals surface area contributed by atoms with E-state index in [-0.39, 0.29) is 0 Å². The average Bonchev–Trinajstić information content (AvgIpc) is 2.55. The van der Waals surface area contributed by atoms with E-state index in [9.17, 15) is 0 Å². The Hall–Kier alpha value is -2.07. The molecule has 3 rings (SSSR count). The van der Waals surface area contributed by atoms with Crippen molar-refractivity contribution in [2.75, 3.05) is 12.8 Å². The van der Waals surface area contributed by atoms with Gasteiger partial charge < -0.3 is 0 Å². The van der Waals surface area contributed by atoms with Crippen LogP contribution in [0.1, 0.15) is 22.3 Å². The predicted molar refractivity (Wildman–Crippen MR) is 100 cm³/mol. The van der Waals surface area contributed by atoms with Crippen LogP contribution in [0.2, 0.25) is 0 Å². The molecule has 0 bridgehead atoms. The molecule has 0 saturated heterocycles. The maximum Gasteiger partial charge on any atom is 0.180 e. The van der Waals surface area contributed by atoms with E-state index < -0.39 is 0 Å². The van der Waals surface area contributed by atoms with Crippen molar-refractivity contribution in [1.82, 2.24) is 5.01 Å². The largest absolute Gasteiger partial charge is 0.256 e. The molecule has 0 unspecified atom stereocenters. The average molecular weight is 323 g/mol. The van der Waals surface area contributed by atoms with Crippen LogP contribution < -0.4 is 0 Å². The van der Waals surface area contributed by atoms with E-state index in [2.05, 4.69) is 44.2 Å². The lowest BCUT2D eigenvalue weighted by Crippen LogP contribution is -2.28. The van der Waals surface area contributed by atoms with Crippen molar-refractivity contribution in [2.45, 2.75) is 20.4 Å². The fraction of sp³-hybridized carbons (Fsp3) is 0.263. The summed E-state index contributed by atoms with van der Waals surface area (Å²) in [4.78, 5) is 4.70. The second kappa shape index (κ2) is 7.01. The third-order valence-electron chi connectivity index (χ3n) is 3.82. The summed E-state index contributed by atoms with van der Waals surface area (Å²) in [5.41, 5.74) is 6.14. The van der Waals surface area contributed by atoms with Crippen LogP contribution in [0.25, 0.3) is 0 Å². The molecule has 1 aliphatic rings. The van der Waals surface area contributed by atoms with Crippen LogP contribution in [0.3, 0.4) is 0 Å². The lowest BCUT2D eigenvalue weighted by molar-refractivity contribution is 0.550. The van der Waals surface area contributed by atoms with E-state index in [4.69, 9.17) is 10.1 Å². The first kappa shape index (κ1) is 15.8. The number of thioether (sulfide) groups is 1. The summed E-state index contributed by atoms with van der Waals surface area (Å²) in [5, 5.41) is 7.60.